The zero-order valence-corrected chi connectivity index (χ0v) is 33.4. The second-order valence-electron chi connectivity index (χ2n) is 16.9. The van der Waals surface area contributed by atoms with Crippen LogP contribution in [0.3, 0.4) is 0 Å². The predicted octanol–water partition coefficient (Wildman–Crippen LogP) is 14.7. The highest BCUT2D eigenvalue weighted by atomic mass is 14.5. The molecule has 11 rings (SSSR count). The molecule has 0 N–H and O–H groups in total. The van der Waals surface area contributed by atoms with Crippen LogP contribution in [0.2, 0.25) is 0 Å². The third kappa shape index (κ3) is 5.49. The number of rotatable bonds is 5. The number of fused-ring (bicyclic) bond motifs is 13. The van der Waals surface area contributed by atoms with Gasteiger partial charge in [0.1, 0.15) is 0 Å². The Morgan fingerprint density at radius 3 is 1.56 bits per heavy atom. The van der Waals surface area contributed by atoms with Gasteiger partial charge in [0.15, 0.2) is 0 Å². The van der Waals surface area contributed by atoms with E-state index in [1.807, 2.05) is 6.07 Å². The zero-order chi connectivity index (χ0) is 38.7. The van der Waals surface area contributed by atoms with E-state index in [1.165, 1.54) is 94.6 Å². The van der Waals surface area contributed by atoms with E-state index >= 15 is 0 Å². The quantitative estimate of drug-likeness (QED) is 0.165. The lowest BCUT2D eigenvalue weighted by Gasteiger charge is -2.30. The van der Waals surface area contributed by atoms with Gasteiger partial charge in [-0.2, -0.15) is 0 Å². The number of hydrogen-bond acceptors (Lipinski definition) is 0. The lowest BCUT2D eigenvalue weighted by molar-refractivity contribution is 0.648. The van der Waals surface area contributed by atoms with Gasteiger partial charge in [-0.05, 0) is 115 Å². The molecule has 8 aromatic rings. The van der Waals surface area contributed by atoms with Crippen molar-refractivity contribution < 1.29 is 0 Å². The highest BCUT2D eigenvalue weighted by molar-refractivity contribution is 5.95. The third-order valence-corrected chi connectivity index (χ3v) is 13.3. The van der Waals surface area contributed by atoms with Gasteiger partial charge in [0.25, 0.3) is 0 Å². The van der Waals surface area contributed by atoms with Crippen molar-refractivity contribution in [1.82, 2.24) is 0 Å². The fraction of sp³-hybridized carbons (Fsp3) is 0.158. The number of hydrogen-bond donors (Lipinski definition) is 0. The summed E-state index contributed by atoms with van der Waals surface area (Å²) < 4.78 is 0. The van der Waals surface area contributed by atoms with E-state index in [9.17, 15) is 0 Å². The van der Waals surface area contributed by atoms with Crippen molar-refractivity contribution in [3.8, 4) is 44.5 Å². The molecule has 3 aliphatic rings. The maximum atomic E-state index is 2.51. The standard InChI is InChI=1S/C44H36.C13H12/c1-28(30-25-26-34-31-14-4-8-18-36(31)43(2,3)41(34)27-30)23-24-29-13-12-22-40-42(29)35-17-7-11-21-39(35)44(40)37-19-9-5-15-32(37)33-16-6-10-20-38(33)44;1-11-7-9-13(10-8-11)12-5-3-2-4-6-12/h4-22,25-28H,23-24H2,1-3H3;2-10H,1H3. The Morgan fingerprint density at radius 2 is 0.912 bits per heavy atom. The van der Waals surface area contributed by atoms with Gasteiger partial charge in [-0.3, -0.25) is 0 Å². The minimum atomic E-state index is -0.263. The topological polar surface area (TPSA) is 0 Å². The van der Waals surface area contributed by atoms with E-state index in [0.717, 1.165) is 12.8 Å². The van der Waals surface area contributed by atoms with Crippen LogP contribution in [0.4, 0.5) is 0 Å². The summed E-state index contributed by atoms with van der Waals surface area (Å²) in [6, 6.07) is 69.7. The molecular weight excluding hydrogens is 685 g/mol. The van der Waals surface area contributed by atoms with Crippen molar-refractivity contribution in [2.24, 2.45) is 0 Å². The molecular formula is C57H48. The SMILES string of the molecule is CC(CCc1cccc2c1-c1ccccc1C21c2ccccc2-c2ccccc21)c1ccc2c(c1)C(C)(C)c1ccccc1-2.Cc1ccc(-c2ccccc2)cc1. The molecule has 8 aromatic carbocycles. The van der Waals surface area contributed by atoms with Crippen molar-refractivity contribution in [2.45, 2.75) is 57.3 Å². The molecule has 1 atom stereocenters. The van der Waals surface area contributed by atoms with E-state index in [0.29, 0.717) is 5.92 Å². The Kier molecular flexibility index (Phi) is 8.49. The summed E-state index contributed by atoms with van der Waals surface area (Å²) in [4.78, 5) is 0. The molecule has 1 unspecified atom stereocenters. The van der Waals surface area contributed by atoms with Gasteiger partial charge in [0.05, 0.1) is 5.41 Å². The van der Waals surface area contributed by atoms with Crippen LogP contribution in [0.1, 0.15) is 83.2 Å². The van der Waals surface area contributed by atoms with E-state index in [-0.39, 0.29) is 10.8 Å². The largest absolute Gasteiger partial charge is 0.0725 e. The maximum absolute atomic E-state index is 2.51. The Balaban J connectivity index is 0.000000259. The van der Waals surface area contributed by atoms with Gasteiger partial charge < -0.3 is 0 Å². The van der Waals surface area contributed by atoms with E-state index in [4.69, 9.17) is 0 Å². The van der Waals surface area contributed by atoms with E-state index < -0.39 is 0 Å². The van der Waals surface area contributed by atoms with Crippen molar-refractivity contribution in [2.75, 3.05) is 0 Å². The molecule has 1 spiro atoms. The Bertz CT molecular complexity index is 2740. The monoisotopic (exact) mass is 732 g/mol. The second-order valence-corrected chi connectivity index (χ2v) is 16.9. The maximum Gasteiger partial charge on any atom is 0.0725 e. The third-order valence-electron chi connectivity index (χ3n) is 13.3. The first-order valence-corrected chi connectivity index (χ1v) is 20.7. The highest BCUT2D eigenvalue weighted by Crippen LogP contribution is 2.63. The first kappa shape index (κ1) is 35.2. The molecule has 276 valence electrons. The van der Waals surface area contributed by atoms with E-state index in [1.54, 1.807) is 0 Å². The number of aryl methyl sites for hydroxylation is 2. The number of benzene rings is 8. The van der Waals surface area contributed by atoms with Crippen LogP contribution < -0.4 is 0 Å². The fourth-order valence-corrected chi connectivity index (χ4v) is 10.4. The first-order chi connectivity index (χ1) is 27.9. The minimum absolute atomic E-state index is 0.0355. The fourth-order valence-electron chi connectivity index (χ4n) is 10.4. The van der Waals surface area contributed by atoms with Crippen LogP contribution in [0, 0.1) is 6.92 Å². The molecule has 0 bridgehead atoms. The molecule has 0 amide bonds. The summed E-state index contributed by atoms with van der Waals surface area (Å²) in [5.41, 5.74) is 23.6. The van der Waals surface area contributed by atoms with Gasteiger partial charge in [-0.25, -0.2) is 0 Å². The summed E-state index contributed by atoms with van der Waals surface area (Å²) in [5, 5.41) is 0. The molecule has 0 heterocycles. The Hall–Kier alpha value is -6.24. The molecule has 0 saturated carbocycles. The predicted molar refractivity (Wildman–Crippen MR) is 240 cm³/mol. The van der Waals surface area contributed by atoms with Crippen LogP contribution in [0.15, 0.2) is 188 Å². The average molecular weight is 733 g/mol. The average Bonchev–Trinajstić information content (AvgIpc) is 3.82. The zero-order valence-electron chi connectivity index (χ0n) is 33.4. The molecule has 0 aromatic heterocycles. The van der Waals surface area contributed by atoms with Gasteiger partial charge in [0, 0.05) is 5.41 Å². The summed E-state index contributed by atoms with van der Waals surface area (Å²) in [6.45, 7) is 9.28. The van der Waals surface area contributed by atoms with Crippen molar-refractivity contribution in [3.05, 3.63) is 238 Å². The lowest BCUT2D eigenvalue weighted by atomic mass is 9.70. The molecule has 0 nitrogen and oxygen atoms in total. The Morgan fingerprint density at radius 1 is 0.421 bits per heavy atom. The molecule has 57 heavy (non-hydrogen) atoms. The van der Waals surface area contributed by atoms with Crippen molar-refractivity contribution in [1.29, 1.82) is 0 Å². The van der Waals surface area contributed by atoms with Gasteiger partial charge in [-0.1, -0.05) is 214 Å². The molecule has 0 heteroatoms. The normalized spacial score (nSPS) is 14.7. The molecule has 0 saturated heterocycles. The smallest absolute Gasteiger partial charge is 0.0622 e. The highest BCUT2D eigenvalue weighted by Gasteiger charge is 2.51. The minimum Gasteiger partial charge on any atom is -0.0622 e. The van der Waals surface area contributed by atoms with Gasteiger partial charge in [0.2, 0.25) is 0 Å². The second kappa shape index (κ2) is 13.7. The van der Waals surface area contributed by atoms with Crippen molar-refractivity contribution in [3.63, 3.8) is 0 Å². The van der Waals surface area contributed by atoms with Crippen molar-refractivity contribution >= 4 is 0 Å². The molecule has 0 fully saturated rings. The van der Waals surface area contributed by atoms with Crippen LogP contribution in [-0.4, -0.2) is 0 Å². The Labute approximate surface area is 338 Å². The van der Waals surface area contributed by atoms with E-state index in [2.05, 4.69) is 210 Å². The summed E-state index contributed by atoms with van der Waals surface area (Å²) in [6.07, 6.45) is 2.17. The van der Waals surface area contributed by atoms with Crippen LogP contribution in [-0.2, 0) is 17.3 Å². The van der Waals surface area contributed by atoms with Gasteiger partial charge in [-0.15, -0.1) is 0 Å². The molecule has 3 aliphatic carbocycles. The molecule has 0 radical (unpaired) electrons. The van der Waals surface area contributed by atoms with Gasteiger partial charge >= 0.3 is 0 Å². The van der Waals surface area contributed by atoms with Crippen LogP contribution in [0.25, 0.3) is 44.5 Å². The van der Waals surface area contributed by atoms with Crippen LogP contribution in [0.5, 0.6) is 0 Å². The summed E-state index contributed by atoms with van der Waals surface area (Å²) >= 11 is 0. The summed E-state index contributed by atoms with van der Waals surface area (Å²) in [7, 11) is 0. The lowest BCUT2D eigenvalue weighted by Crippen LogP contribution is -2.25. The molecule has 0 aliphatic heterocycles. The van der Waals surface area contributed by atoms with Crippen LogP contribution >= 0.6 is 0 Å². The first-order valence-electron chi connectivity index (χ1n) is 20.7. The summed E-state index contributed by atoms with van der Waals surface area (Å²) in [5.74, 6) is 0.467.